The van der Waals surface area contributed by atoms with Crippen LogP contribution in [0.25, 0.3) is 33.1 Å². The van der Waals surface area contributed by atoms with Crippen LogP contribution in [0.5, 0.6) is 46.0 Å². The topological polar surface area (TPSA) is 345 Å². The molecule has 12 aromatic rings. The van der Waals surface area contributed by atoms with Gasteiger partial charge in [0.2, 0.25) is 5.95 Å². The Kier molecular flexibility index (Phi) is 25.9. The van der Waals surface area contributed by atoms with Crippen molar-refractivity contribution in [3.63, 3.8) is 0 Å². The van der Waals surface area contributed by atoms with E-state index in [9.17, 15) is 50.3 Å². The highest BCUT2D eigenvalue weighted by Gasteiger charge is 2.33. The average molecular weight is 1570 g/mol. The van der Waals surface area contributed by atoms with E-state index in [0.29, 0.717) is 119 Å². The van der Waals surface area contributed by atoms with E-state index >= 15 is 0 Å². The average Bonchev–Trinajstić information content (AvgIpc) is 0.814. The van der Waals surface area contributed by atoms with Gasteiger partial charge in [-0.15, -0.1) is 56.9 Å². The Morgan fingerprint density at radius 3 is 1.33 bits per heavy atom. The van der Waals surface area contributed by atoms with Gasteiger partial charge in [0, 0.05) is 145 Å². The molecule has 0 bridgehead atoms. The number of morpholine rings is 2. The number of anilines is 3. The summed E-state index contributed by atoms with van der Waals surface area (Å²) >= 11 is 0. The second-order valence-corrected chi connectivity index (χ2v) is 25.1. The van der Waals surface area contributed by atoms with Gasteiger partial charge in [0.25, 0.3) is 41.4 Å². The molecule has 37 heteroatoms. The highest BCUT2D eigenvalue weighted by Crippen LogP contribution is 2.31. The van der Waals surface area contributed by atoms with E-state index in [4.69, 9.17) is 23.7 Å². The summed E-state index contributed by atoms with van der Waals surface area (Å²) in [7, 11) is 4.56. The van der Waals surface area contributed by atoms with Crippen LogP contribution in [-0.4, -0.2) is 217 Å². The summed E-state index contributed by atoms with van der Waals surface area (Å²) in [6, 6.07) is 41.1. The van der Waals surface area contributed by atoms with E-state index in [1.54, 1.807) is 121 Å². The lowest BCUT2D eigenvalue weighted by Crippen LogP contribution is -2.42. The molecular formula is C77H69F6N19O12. The molecule has 2 saturated heterocycles. The Morgan fingerprint density at radius 1 is 0.430 bits per heavy atom. The number of rotatable bonds is 22. The van der Waals surface area contributed by atoms with Crippen molar-refractivity contribution in [1.82, 2.24) is 80.5 Å². The van der Waals surface area contributed by atoms with Crippen molar-refractivity contribution in [3.8, 4) is 46.0 Å². The number of aromatic nitrogens is 12. The molecule has 0 atom stereocenters. The number of amides is 5. The zero-order valence-corrected chi connectivity index (χ0v) is 61.2. The van der Waals surface area contributed by atoms with Gasteiger partial charge in [-0.3, -0.25) is 63.8 Å². The second-order valence-electron chi connectivity index (χ2n) is 25.1. The number of carbonyl (C=O) groups excluding carboxylic acids is 5. The minimum atomic E-state index is -4.84. The molecule has 114 heavy (non-hydrogen) atoms. The van der Waals surface area contributed by atoms with Crippen molar-refractivity contribution in [1.29, 1.82) is 0 Å². The summed E-state index contributed by atoms with van der Waals surface area (Å²) in [5.41, 5.74) is 5.00. The third-order valence-corrected chi connectivity index (χ3v) is 17.0. The first-order valence-electron chi connectivity index (χ1n) is 35.0. The van der Waals surface area contributed by atoms with E-state index in [1.165, 1.54) is 56.8 Å². The van der Waals surface area contributed by atoms with Gasteiger partial charge in [-0.25, -0.2) is 15.0 Å². The molecule has 8 heterocycles. The minimum Gasteiger partial charge on any atom is -0.457 e. The Balaban J connectivity index is 0.000000163. The number of carbonyl (C=O) groups is 5. The normalized spacial score (nSPS) is 13.1. The molecular weight excluding hydrogens is 1500 g/mol. The van der Waals surface area contributed by atoms with Crippen LogP contribution in [0.1, 0.15) is 57.6 Å². The first-order valence-corrected chi connectivity index (χ1v) is 35.0. The van der Waals surface area contributed by atoms with Crippen LogP contribution in [0.2, 0.25) is 0 Å². The zero-order valence-electron chi connectivity index (χ0n) is 61.2. The van der Waals surface area contributed by atoms with Crippen molar-refractivity contribution in [2.75, 3.05) is 115 Å². The summed E-state index contributed by atoms with van der Waals surface area (Å²) in [5, 5.41) is 29.8. The molecule has 2 N–H and O–H groups in total. The summed E-state index contributed by atoms with van der Waals surface area (Å²) in [5.74, 6) is -0.0220. The van der Waals surface area contributed by atoms with Crippen LogP contribution in [-0.2, 0) is 9.47 Å². The molecule has 2 fully saturated rings. The smallest absolute Gasteiger partial charge is 0.457 e. The van der Waals surface area contributed by atoms with E-state index < -0.39 is 36.0 Å². The lowest BCUT2D eigenvalue weighted by Gasteiger charge is -2.28. The molecule has 0 radical (unpaired) electrons. The monoisotopic (exact) mass is 1570 g/mol. The van der Waals surface area contributed by atoms with Crippen molar-refractivity contribution in [2.45, 2.75) is 19.6 Å². The van der Waals surface area contributed by atoms with Gasteiger partial charge in [-0.05, 0) is 128 Å². The molecule has 2 aliphatic rings. The molecule has 31 nitrogen and oxygen atoms in total. The SMILES string of the molecule is CN(C(=O)c1ccc(OC(F)(F)F)cc1)c1nnc2ccc(Oc3ccnc(C(=O)NCCN4CCOCC4)c3)cc2n1.CN(CCN1CCOCC1)C(=O)c1cc(Oc2ccc3nnc(N(C)C(=O)c4ccc(OC(F)(F)F)cc4)nc3c2)ccn1.Cc1ccc(C(=O)Nc2nnc3ccc(Oc4ccncc4)cc3n2)cc1. The van der Waals surface area contributed by atoms with Gasteiger partial charge in [-0.1, -0.05) is 17.7 Å². The fourth-order valence-electron chi connectivity index (χ4n) is 11.0. The number of benzene rings is 6. The van der Waals surface area contributed by atoms with Crippen molar-refractivity contribution in [2.24, 2.45) is 0 Å². The van der Waals surface area contributed by atoms with Gasteiger partial charge in [0.1, 0.15) is 73.9 Å². The molecule has 6 aromatic carbocycles. The van der Waals surface area contributed by atoms with Crippen LogP contribution in [0.4, 0.5) is 44.2 Å². The van der Waals surface area contributed by atoms with E-state index in [1.807, 2.05) is 19.1 Å². The number of nitrogens with one attached hydrogen (secondary N) is 2. The van der Waals surface area contributed by atoms with Crippen molar-refractivity contribution in [3.05, 3.63) is 222 Å². The number of nitrogens with zero attached hydrogens (tertiary/aromatic N) is 17. The third kappa shape index (κ3) is 22.5. The fraction of sp³-hybridized carbons (Fsp3) is 0.234. The standard InChI is InChI=1S/C29H28F3N7O5.C28H26F3N7O5.C20H15N5O2/c1-37(11-12-39-13-15-42-16-14-39)27(41)25-18-22(9-10-33-25)43-21-7-8-23-24(17-21)34-28(36-35-23)38(2)26(40)19-3-5-20(6-4-19)44-29(30,31)32;1-37(26(40)18-2-4-19(5-3-18)43-28(29,30)31)27-34-23-16-20(6-7-22(23)35-36-27)42-21-8-9-32-24(17-21)25(39)33-10-11-38-12-14-41-15-13-38;1-13-2-4-14(5-3-13)19(26)23-20-22-18-12-16(6-7-17(18)24-25-20)27-15-8-10-21-11-9-15/h3-10,17-18H,11-16H2,1-2H3;2-9,16-17H,10-15H2,1H3,(H,33,39);2-12H,1H3,(H,22,23,25,26). The molecule has 14 rings (SSSR count). The quantitative estimate of drug-likeness (QED) is 0.0595. The number of hydrogen-bond acceptors (Lipinski definition) is 26. The lowest BCUT2D eigenvalue weighted by atomic mass is 10.1. The predicted molar refractivity (Wildman–Crippen MR) is 400 cm³/mol. The van der Waals surface area contributed by atoms with Crippen LogP contribution < -0.4 is 44.1 Å². The first kappa shape index (κ1) is 79.9. The molecule has 2 aliphatic heterocycles. The van der Waals surface area contributed by atoms with Crippen LogP contribution >= 0.6 is 0 Å². The number of halogens is 6. The molecule has 0 saturated carbocycles. The molecule has 586 valence electrons. The van der Waals surface area contributed by atoms with E-state index in [2.05, 4.69) is 90.4 Å². The number of hydrogen-bond donors (Lipinski definition) is 2. The molecule has 0 aliphatic carbocycles. The lowest BCUT2D eigenvalue weighted by molar-refractivity contribution is -0.275. The minimum absolute atomic E-state index is 0.0350. The summed E-state index contributed by atoms with van der Waals surface area (Å²) in [6.07, 6.45) is -3.42. The first-order chi connectivity index (χ1) is 54.9. The predicted octanol–water partition coefficient (Wildman–Crippen LogP) is 11.0. The highest BCUT2D eigenvalue weighted by molar-refractivity contribution is 6.06. The number of fused-ring (bicyclic) bond motifs is 3. The van der Waals surface area contributed by atoms with Gasteiger partial charge >= 0.3 is 12.7 Å². The maximum absolute atomic E-state index is 13.0. The van der Waals surface area contributed by atoms with Gasteiger partial charge < -0.3 is 43.4 Å². The second kappa shape index (κ2) is 36.9. The molecule has 5 amide bonds. The summed E-state index contributed by atoms with van der Waals surface area (Å²) in [6.45, 7) is 10.5. The van der Waals surface area contributed by atoms with Crippen LogP contribution in [0, 0.1) is 6.92 Å². The largest absolute Gasteiger partial charge is 0.573 e. The highest BCUT2D eigenvalue weighted by atomic mass is 19.4. The van der Waals surface area contributed by atoms with Crippen LogP contribution in [0.15, 0.2) is 189 Å². The van der Waals surface area contributed by atoms with Gasteiger partial charge in [0.15, 0.2) is 0 Å². The number of ether oxygens (including phenoxy) is 7. The Labute approximate surface area is 644 Å². The Hall–Kier alpha value is -13.7. The van der Waals surface area contributed by atoms with Gasteiger partial charge in [0.05, 0.1) is 43.0 Å². The molecule has 0 unspecified atom stereocenters. The zero-order chi connectivity index (χ0) is 80.3. The summed E-state index contributed by atoms with van der Waals surface area (Å²) < 4.78 is 111. The number of aryl methyl sites for hydroxylation is 1. The maximum atomic E-state index is 13.0. The van der Waals surface area contributed by atoms with Crippen molar-refractivity contribution >= 4 is 80.5 Å². The number of alkyl halides is 6. The summed E-state index contributed by atoms with van der Waals surface area (Å²) in [4.78, 5) is 97.5. The maximum Gasteiger partial charge on any atom is 0.573 e. The van der Waals surface area contributed by atoms with E-state index in [-0.39, 0.29) is 58.1 Å². The molecule has 0 spiro atoms. The number of likely N-dealkylation sites (N-methyl/N-ethyl adjacent to an activating group) is 1. The Morgan fingerprint density at radius 2 is 0.842 bits per heavy atom. The van der Waals surface area contributed by atoms with E-state index in [0.717, 1.165) is 72.4 Å². The Bertz CT molecular complexity index is 5370. The van der Waals surface area contributed by atoms with Crippen LogP contribution in [0.3, 0.4) is 0 Å². The molecule has 6 aromatic heterocycles. The van der Waals surface area contributed by atoms with Gasteiger partial charge in [-0.2, -0.15) is 0 Å². The fourth-order valence-corrected chi connectivity index (χ4v) is 11.0. The van der Waals surface area contributed by atoms with Crippen molar-refractivity contribution < 1.29 is 83.5 Å². The third-order valence-electron chi connectivity index (χ3n) is 17.0. The number of pyridine rings is 3.